The molecule has 4 aromatic carbocycles. The molecule has 139 heavy (non-hydrogen) atoms. The normalized spacial score (nSPS) is 22.1. The highest BCUT2D eigenvalue weighted by Crippen LogP contribution is 2.39. The molecular weight excluding hydrogens is 1900 g/mol. The van der Waals surface area contributed by atoms with Crippen molar-refractivity contribution in [1.82, 2.24) is 10.6 Å². The summed E-state index contributed by atoms with van der Waals surface area (Å²) in [7, 11) is 13.5. The van der Waals surface area contributed by atoms with Gasteiger partial charge in [0.15, 0.2) is 23.1 Å². The average Bonchev–Trinajstić information content (AvgIpc) is 0.808. The smallest absolute Gasteiger partial charge is 0.309 e. The number of fused-ring (bicyclic) bond motifs is 8. The molecule has 4 N–H and O–H groups in total. The van der Waals surface area contributed by atoms with Crippen LogP contribution in [0.2, 0.25) is 0 Å². The van der Waals surface area contributed by atoms with Gasteiger partial charge in [-0.1, -0.05) is 215 Å². The van der Waals surface area contributed by atoms with Crippen molar-refractivity contribution in [2.24, 2.45) is 59.2 Å². The Morgan fingerprint density at radius 2 is 0.928 bits per heavy atom. The second-order valence-corrected chi connectivity index (χ2v) is 51.0. The van der Waals surface area contributed by atoms with Crippen LogP contribution in [0, 0.1) is 59.2 Å². The van der Waals surface area contributed by atoms with Crippen LogP contribution < -0.4 is 21.3 Å². The van der Waals surface area contributed by atoms with Gasteiger partial charge in [-0.25, -0.2) is 0 Å². The predicted octanol–water partition coefficient (Wildman–Crippen LogP) is 27.2. The summed E-state index contributed by atoms with van der Waals surface area (Å²) >= 11 is 0. The molecule has 0 aromatic heterocycles. The number of benzene rings is 4. The summed E-state index contributed by atoms with van der Waals surface area (Å²) in [5.74, 6) is 0.777. The maximum absolute atomic E-state index is 14.6. The number of esters is 1. The van der Waals surface area contributed by atoms with Crippen LogP contribution in [0.5, 0.6) is 0 Å². The van der Waals surface area contributed by atoms with Crippen LogP contribution in [0.15, 0.2) is 72.8 Å². The van der Waals surface area contributed by atoms with E-state index in [0.29, 0.717) is 214 Å². The lowest BCUT2D eigenvalue weighted by Gasteiger charge is -2.35. The molecule has 2 aliphatic heterocycles. The lowest BCUT2D eigenvalue weighted by Crippen LogP contribution is -2.45. The van der Waals surface area contributed by atoms with Gasteiger partial charge in [0.05, 0.1) is 36.3 Å². The number of anilines is 2. The molecule has 2 aliphatic rings. The number of hydrogen-bond donors (Lipinski definition) is 4. The van der Waals surface area contributed by atoms with E-state index < -0.39 is 46.4 Å². The van der Waals surface area contributed by atoms with Crippen LogP contribution in [-0.2, 0) is 54.2 Å². The van der Waals surface area contributed by atoms with Crippen molar-refractivity contribution in [2.75, 3.05) is 83.0 Å². The summed E-state index contributed by atoms with van der Waals surface area (Å²) in [6.45, 7) is 41.6. The van der Waals surface area contributed by atoms with Gasteiger partial charge in [0.1, 0.15) is 28.7 Å². The third kappa shape index (κ3) is 41.3. The summed E-state index contributed by atoms with van der Waals surface area (Å²) in [6, 6.07) is 21.5. The zero-order valence-electron chi connectivity index (χ0n) is 87.4. The minimum atomic E-state index is -1.12. The highest BCUT2D eigenvalue weighted by molar-refractivity contribution is 8.77. The number of carbonyl (C=O) groups excluding carboxylic acids is 13. The van der Waals surface area contributed by atoms with Crippen LogP contribution in [0.25, 0.3) is 0 Å². The summed E-state index contributed by atoms with van der Waals surface area (Å²) in [5, 5.41) is 12.2. The van der Waals surface area contributed by atoms with Crippen molar-refractivity contribution in [1.29, 1.82) is 0 Å². The number of amides is 4. The van der Waals surface area contributed by atoms with E-state index in [1.807, 2.05) is 136 Å². The first kappa shape index (κ1) is 122. The Morgan fingerprint density at radius 1 is 0.432 bits per heavy atom. The molecule has 13 atom stereocenters. The van der Waals surface area contributed by atoms with Gasteiger partial charge in [-0.2, -0.15) is 0 Å². The SMILES string of the molecule is CCC1CCSSCCCC(=O)C(CC)Cc2cc(C(=O)NCCC(C)(C)OCC(C)(C)OCCNC(=O)c3cc4cc(c3)C(CC)C(=O)CCCSSCCC(CC)C(=O)c3cc(NC(=O)C(C)C(C)(CC)OC(=O)C(C)C(C)CC)cc(c3)C(=O)C(C)CCSSCCCC(=O)C4C)cc(c2)C(CC)CC(=O)CCCSSCCCC(CC)C(=O)c2cc(NC(=O)C(C)C(C)C)cc(c2)C(=O)C1. The molecule has 774 valence electrons. The van der Waals surface area contributed by atoms with Crippen LogP contribution in [0.1, 0.15) is 402 Å². The Bertz CT molecular complexity index is 4670. The molecule has 6 rings (SSSR count). The van der Waals surface area contributed by atoms with Crippen LogP contribution in [0.4, 0.5) is 11.4 Å². The third-order valence-electron chi connectivity index (χ3n) is 28.2. The minimum Gasteiger partial charge on any atom is -0.458 e. The Kier molecular flexibility index (Phi) is 55.3. The standard InChI is InChI=1S/C111H166N4O16S8/c1-22-72(11)75(14)108(128)131-111(21,29-8)77(16)105(125)115-94-66-88-64-90(68-94)103(123)81(25-4)42-54-139-136-51-34-39-99(119)96(28-7)86-59-84(76(15)97(117)37-32-49-134-137-52-40-73(12)101(88)121)60-92(62-86)107(127)113-45-46-129-110(19,20)70-130-109(17,18)43-44-112-106(126)91-57-79-55-83(27-6)98(118)38-33-50-135-138-53-41-78(23-2)58-100(120)87-63-89(67-93(65-87)114-104(124)74(13)71(9)10)102(122)80(24-3)35-30-47-132-133-48-31-36-95(116)69-82(26-5)85(56-79)61-91/h56-57,59-68,71-78,80-83,96H,22-55,58,69-70H2,1-21H3,(H,112,126)(H,113,127)(H,114,124)(H,115,125). The molecule has 2 heterocycles. The first-order valence-corrected chi connectivity index (χ1v) is 61.6. The van der Waals surface area contributed by atoms with Gasteiger partial charge in [0.2, 0.25) is 11.8 Å². The third-order valence-corrected chi connectivity index (χ3v) is 38.4. The number of rotatable bonds is 29. The Balaban J connectivity index is 1.06. The van der Waals surface area contributed by atoms with E-state index in [1.54, 1.807) is 149 Å². The number of ketones is 8. The Morgan fingerprint density at radius 3 is 1.50 bits per heavy atom. The van der Waals surface area contributed by atoms with Gasteiger partial charge in [0.25, 0.3) is 11.8 Å². The van der Waals surface area contributed by atoms with E-state index in [1.165, 1.54) is 0 Å². The van der Waals surface area contributed by atoms with Gasteiger partial charge in [-0.15, -0.1) is 0 Å². The number of nitrogens with one attached hydrogen (secondary N) is 4. The van der Waals surface area contributed by atoms with Gasteiger partial charge < -0.3 is 35.5 Å². The van der Waals surface area contributed by atoms with E-state index in [2.05, 4.69) is 41.2 Å². The molecule has 0 saturated heterocycles. The second-order valence-electron chi connectivity index (χ2n) is 40.2. The van der Waals surface area contributed by atoms with Crippen molar-refractivity contribution >= 4 is 174 Å². The summed E-state index contributed by atoms with van der Waals surface area (Å²) < 4.78 is 19.1. The van der Waals surface area contributed by atoms with E-state index in [-0.39, 0.29) is 150 Å². The highest BCUT2D eigenvalue weighted by atomic mass is 33.1. The maximum Gasteiger partial charge on any atom is 0.309 e. The van der Waals surface area contributed by atoms with Crippen molar-refractivity contribution in [3.05, 3.63) is 128 Å². The fourth-order valence-corrected chi connectivity index (χ4v) is 26.1. The monoisotopic (exact) mass is 2070 g/mol. The average molecular weight is 2070 g/mol. The maximum atomic E-state index is 14.6. The number of carbonyl (C=O) groups is 13. The predicted molar refractivity (Wildman–Crippen MR) is 588 cm³/mol. The number of Topliss-reactive ketones (excluding diaryl/α,β-unsaturated/α-hetero) is 8. The van der Waals surface area contributed by atoms with Gasteiger partial charge >= 0.3 is 5.97 Å². The number of hydrogen-bond acceptors (Lipinski definition) is 24. The molecule has 28 heteroatoms. The molecule has 4 aromatic rings. The van der Waals surface area contributed by atoms with Crippen LogP contribution in [-0.4, -0.2) is 165 Å². The molecule has 8 bridgehead atoms. The summed E-state index contributed by atoms with van der Waals surface area (Å²) in [6.07, 6.45) is 14.1. The number of ether oxygens (including phenoxy) is 3. The van der Waals surface area contributed by atoms with Crippen LogP contribution >= 0.6 is 86.4 Å². The molecule has 0 fully saturated rings. The zero-order chi connectivity index (χ0) is 103. The molecule has 0 spiro atoms. The van der Waals surface area contributed by atoms with Crippen LogP contribution in [0.3, 0.4) is 0 Å². The fourth-order valence-electron chi connectivity index (χ4n) is 17.1. The van der Waals surface area contributed by atoms with Crippen molar-refractivity contribution in [3.63, 3.8) is 0 Å². The van der Waals surface area contributed by atoms with E-state index >= 15 is 0 Å². The van der Waals surface area contributed by atoms with Crippen molar-refractivity contribution in [2.45, 2.75) is 340 Å². The van der Waals surface area contributed by atoms with E-state index in [9.17, 15) is 62.3 Å². The minimum absolute atomic E-state index is 0.0104. The molecule has 0 radical (unpaired) electrons. The van der Waals surface area contributed by atoms with Gasteiger partial charge in [-0.3, -0.25) is 62.3 Å². The first-order chi connectivity index (χ1) is 66.1. The van der Waals surface area contributed by atoms with E-state index in [4.69, 9.17) is 14.2 Å². The van der Waals surface area contributed by atoms with E-state index in [0.717, 1.165) is 59.8 Å². The molecule has 4 amide bonds. The molecule has 13 unspecified atom stereocenters. The van der Waals surface area contributed by atoms with Gasteiger partial charge in [0, 0.05) is 184 Å². The summed E-state index contributed by atoms with van der Waals surface area (Å²) in [4.78, 5) is 184. The first-order valence-electron chi connectivity index (χ1n) is 51.6. The van der Waals surface area contributed by atoms with Crippen molar-refractivity contribution in [3.8, 4) is 0 Å². The lowest BCUT2D eigenvalue weighted by atomic mass is 9.84. The van der Waals surface area contributed by atoms with Crippen molar-refractivity contribution < 1.29 is 76.5 Å². The second kappa shape index (κ2) is 63.0. The van der Waals surface area contributed by atoms with Gasteiger partial charge in [-0.05, 0) is 257 Å². The molecule has 20 nitrogen and oxygen atoms in total. The topological polar surface area (TPSA) is 298 Å². The fraction of sp³-hybridized carbons (Fsp3) is 0.667. The summed E-state index contributed by atoms with van der Waals surface area (Å²) in [5.41, 5.74) is 3.63. The Hall–Kier alpha value is -5.69. The molecule has 0 saturated carbocycles. The lowest BCUT2D eigenvalue weighted by molar-refractivity contribution is -0.171. The Labute approximate surface area is 865 Å². The highest BCUT2D eigenvalue weighted by Gasteiger charge is 2.41. The quantitative estimate of drug-likeness (QED) is 0.0223. The zero-order valence-corrected chi connectivity index (χ0v) is 93.9. The largest absolute Gasteiger partial charge is 0.458 e. The molecule has 0 aliphatic carbocycles. The molecular formula is C111H166N4O16S8.